The highest BCUT2D eigenvalue weighted by Crippen LogP contribution is 1.99. The highest BCUT2D eigenvalue weighted by atomic mass is 19.1. The van der Waals surface area contributed by atoms with Crippen molar-refractivity contribution in [2.24, 2.45) is 5.10 Å². The number of hydrazone groups is 1. The minimum absolute atomic E-state index is 0.238. The predicted octanol–water partition coefficient (Wildman–Crippen LogP) is 1.30. The quantitative estimate of drug-likeness (QED) is 0.540. The van der Waals surface area contributed by atoms with E-state index in [0.29, 0.717) is 0 Å². The van der Waals surface area contributed by atoms with Crippen LogP contribution in [0.25, 0.3) is 0 Å². The van der Waals surface area contributed by atoms with Crippen LogP contribution in [0.15, 0.2) is 29.4 Å². The molecule has 0 radical (unpaired) electrons. The van der Waals surface area contributed by atoms with Gasteiger partial charge in [-0.2, -0.15) is 5.10 Å². The van der Waals surface area contributed by atoms with Crippen molar-refractivity contribution in [3.63, 3.8) is 0 Å². The number of amides is 1. The first-order chi connectivity index (χ1) is 6.18. The summed E-state index contributed by atoms with van der Waals surface area (Å²) in [6.07, 6.45) is 1.45. The molecule has 0 fully saturated rings. The van der Waals surface area contributed by atoms with E-state index >= 15 is 0 Å². The van der Waals surface area contributed by atoms with E-state index in [2.05, 4.69) is 10.5 Å². The number of nitrogens with one attached hydrogen (secondary N) is 1. The summed E-state index contributed by atoms with van der Waals surface area (Å²) in [6, 6.07) is 5.80. The highest BCUT2D eigenvalue weighted by Gasteiger charge is 1.89. The molecular formula is C9H9FN2O. The first kappa shape index (κ1) is 9.38. The summed E-state index contributed by atoms with van der Waals surface area (Å²) >= 11 is 0. The Morgan fingerprint density at radius 3 is 2.62 bits per heavy atom. The van der Waals surface area contributed by atoms with Crippen LogP contribution in [0.3, 0.4) is 0 Å². The van der Waals surface area contributed by atoms with Gasteiger partial charge in [-0.25, -0.2) is 9.82 Å². The van der Waals surface area contributed by atoms with Crippen molar-refractivity contribution in [1.29, 1.82) is 0 Å². The summed E-state index contributed by atoms with van der Waals surface area (Å²) in [4.78, 5) is 10.4. The van der Waals surface area contributed by atoms with Crippen molar-refractivity contribution in [1.82, 2.24) is 5.43 Å². The van der Waals surface area contributed by atoms with Gasteiger partial charge in [-0.1, -0.05) is 12.1 Å². The molecule has 0 aliphatic carbocycles. The van der Waals surface area contributed by atoms with Crippen LogP contribution in [0.2, 0.25) is 0 Å². The molecule has 1 rings (SSSR count). The minimum atomic E-state index is -0.295. The Bertz CT molecular complexity index is 319. The molecule has 1 N–H and O–H groups in total. The van der Waals surface area contributed by atoms with Gasteiger partial charge in [0.05, 0.1) is 6.21 Å². The molecule has 1 aromatic carbocycles. The third-order valence-electron chi connectivity index (χ3n) is 1.31. The summed E-state index contributed by atoms with van der Waals surface area (Å²) in [5.74, 6) is -0.532. The molecular weight excluding hydrogens is 171 g/mol. The van der Waals surface area contributed by atoms with E-state index in [1.807, 2.05) is 0 Å². The Morgan fingerprint density at radius 1 is 1.46 bits per heavy atom. The summed E-state index contributed by atoms with van der Waals surface area (Å²) in [5, 5.41) is 3.62. The van der Waals surface area contributed by atoms with Crippen LogP contribution < -0.4 is 5.43 Å². The number of halogens is 1. The highest BCUT2D eigenvalue weighted by molar-refractivity contribution is 5.81. The van der Waals surface area contributed by atoms with Crippen molar-refractivity contribution < 1.29 is 9.18 Å². The Morgan fingerprint density at radius 2 is 2.08 bits per heavy atom. The van der Waals surface area contributed by atoms with Crippen LogP contribution in [0.1, 0.15) is 12.5 Å². The summed E-state index contributed by atoms with van der Waals surface area (Å²) in [7, 11) is 0. The van der Waals surface area contributed by atoms with E-state index < -0.39 is 0 Å². The van der Waals surface area contributed by atoms with Crippen LogP contribution in [-0.4, -0.2) is 12.1 Å². The molecule has 4 heteroatoms. The average molecular weight is 180 g/mol. The third-order valence-corrected chi connectivity index (χ3v) is 1.31. The van der Waals surface area contributed by atoms with Gasteiger partial charge in [0.15, 0.2) is 0 Å². The molecule has 0 saturated carbocycles. The molecule has 0 spiro atoms. The van der Waals surface area contributed by atoms with Gasteiger partial charge in [0.1, 0.15) is 5.82 Å². The van der Waals surface area contributed by atoms with Gasteiger partial charge in [-0.05, 0) is 17.7 Å². The summed E-state index contributed by atoms with van der Waals surface area (Å²) in [5.41, 5.74) is 2.98. The zero-order chi connectivity index (χ0) is 9.68. The molecule has 0 aliphatic rings. The topological polar surface area (TPSA) is 41.5 Å². The van der Waals surface area contributed by atoms with Gasteiger partial charge < -0.3 is 0 Å². The van der Waals surface area contributed by atoms with Crippen LogP contribution in [0.5, 0.6) is 0 Å². The lowest BCUT2D eigenvalue weighted by atomic mass is 10.2. The minimum Gasteiger partial charge on any atom is -0.274 e. The van der Waals surface area contributed by atoms with E-state index in [4.69, 9.17) is 0 Å². The molecule has 0 bridgehead atoms. The standard InChI is InChI=1S/C9H9FN2O/c1-7(13)12-11-6-8-2-4-9(10)5-3-8/h2-6H,1H3,(H,12,13). The maximum absolute atomic E-state index is 12.4. The van der Waals surface area contributed by atoms with Crippen LogP contribution >= 0.6 is 0 Å². The lowest BCUT2D eigenvalue weighted by Crippen LogP contribution is -2.12. The lowest BCUT2D eigenvalue weighted by molar-refractivity contribution is -0.118. The Hall–Kier alpha value is -1.71. The second-order valence-electron chi connectivity index (χ2n) is 2.48. The molecule has 1 amide bonds. The van der Waals surface area contributed by atoms with E-state index in [9.17, 15) is 9.18 Å². The Kier molecular flexibility index (Phi) is 3.14. The molecule has 1 aromatic rings. The molecule has 0 heterocycles. The molecule has 0 unspecified atom stereocenters. The van der Waals surface area contributed by atoms with Gasteiger partial charge in [0.25, 0.3) is 0 Å². The molecule has 0 aromatic heterocycles. The van der Waals surface area contributed by atoms with E-state index in [0.717, 1.165) is 5.56 Å². The fourth-order valence-corrected chi connectivity index (χ4v) is 0.747. The number of nitrogens with zero attached hydrogens (tertiary/aromatic N) is 1. The SMILES string of the molecule is CC(=O)NN=Cc1ccc(F)cc1. The van der Waals surface area contributed by atoms with Crippen molar-refractivity contribution >= 4 is 12.1 Å². The van der Waals surface area contributed by atoms with Gasteiger partial charge in [-0.3, -0.25) is 4.79 Å². The van der Waals surface area contributed by atoms with Gasteiger partial charge in [0.2, 0.25) is 5.91 Å². The van der Waals surface area contributed by atoms with E-state index in [1.54, 1.807) is 12.1 Å². The molecule has 68 valence electrons. The first-order valence-corrected chi connectivity index (χ1v) is 3.73. The largest absolute Gasteiger partial charge is 0.274 e. The molecule has 13 heavy (non-hydrogen) atoms. The average Bonchev–Trinajstić information content (AvgIpc) is 2.08. The predicted molar refractivity (Wildman–Crippen MR) is 47.8 cm³/mol. The summed E-state index contributed by atoms with van der Waals surface area (Å²) < 4.78 is 12.4. The van der Waals surface area contributed by atoms with E-state index in [-0.39, 0.29) is 11.7 Å². The zero-order valence-corrected chi connectivity index (χ0v) is 7.12. The third kappa shape index (κ3) is 3.46. The van der Waals surface area contributed by atoms with E-state index in [1.165, 1.54) is 25.3 Å². The van der Waals surface area contributed by atoms with Crippen LogP contribution in [0.4, 0.5) is 4.39 Å². The normalized spacial score (nSPS) is 10.3. The van der Waals surface area contributed by atoms with Crippen molar-refractivity contribution in [2.45, 2.75) is 6.92 Å². The first-order valence-electron chi connectivity index (χ1n) is 3.73. The second-order valence-corrected chi connectivity index (χ2v) is 2.48. The second kappa shape index (κ2) is 4.35. The number of carbonyl (C=O) groups is 1. The maximum atomic E-state index is 12.4. The van der Waals surface area contributed by atoms with Gasteiger partial charge in [0, 0.05) is 6.92 Å². The fraction of sp³-hybridized carbons (Fsp3) is 0.111. The molecule has 3 nitrogen and oxygen atoms in total. The lowest BCUT2D eigenvalue weighted by Gasteiger charge is -1.92. The van der Waals surface area contributed by atoms with Crippen LogP contribution in [-0.2, 0) is 4.79 Å². The molecule has 0 saturated heterocycles. The van der Waals surface area contributed by atoms with Gasteiger partial charge >= 0.3 is 0 Å². The Balaban J connectivity index is 2.59. The van der Waals surface area contributed by atoms with Gasteiger partial charge in [-0.15, -0.1) is 0 Å². The molecule has 0 aliphatic heterocycles. The monoisotopic (exact) mass is 180 g/mol. The summed E-state index contributed by atoms with van der Waals surface area (Å²) in [6.45, 7) is 1.36. The van der Waals surface area contributed by atoms with Crippen molar-refractivity contribution in [3.05, 3.63) is 35.6 Å². The fourth-order valence-electron chi connectivity index (χ4n) is 0.747. The van der Waals surface area contributed by atoms with Crippen molar-refractivity contribution in [2.75, 3.05) is 0 Å². The number of benzene rings is 1. The smallest absolute Gasteiger partial charge is 0.236 e. The number of carbonyl (C=O) groups excluding carboxylic acids is 1. The number of rotatable bonds is 2. The van der Waals surface area contributed by atoms with Crippen molar-refractivity contribution in [3.8, 4) is 0 Å². The maximum Gasteiger partial charge on any atom is 0.236 e. The number of hydrogen-bond donors (Lipinski definition) is 1. The van der Waals surface area contributed by atoms with Crippen LogP contribution in [0, 0.1) is 5.82 Å². The zero-order valence-electron chi connectivity index (χ0n) is 7.12. The Labute approximate surface area is 75.3 Å². The number of hydrogen-bond acceptors (Lipinski definition) is 2. The molecule has 0 atom stereocenters.